The number of rotatable bonds is 2. The van der Waals surface area contributed by atoms with Crippen molar-refractivity contribution in [2.45, 2.75) is 25.3 Å². The Labute approximate surface area is 95.7 Å². The molecule has 1 aliphatic rings. The number of nitrogens with zero attached hydrogens (tertiary/aromatic N) is 2. The average Bonchev–Trinajstić information content (AvgIpc) is 2.58. The molecule has 1 aromatic heterocycles. The fourth-order valence-electron chi connectivity index (χ4n) is 1.97. The summed E-state index contributed by atoms with van der Waals surface area (Å²) in [5.41, 5.74) is 1.32. The lowest BCUT2D eigenvalue weighted by molar-refractivity contribution is 0.635. The second kappa shape index (κ2) is 5.47. The maximum Gasteiger partial charge on any atom is 0.163 e. The molecule has 0 aromatic carbocycles. The number of nitriles is 1. The van der Waals surface area contributed by atoms with Gasteiger partial charge in [-0.15, -0.1) is 0 Å². The maximum atomic E-state index is 8.94. The minimum atomic E-state index is 0.402. The van der Waals surface area contributed by atoms with Gasteiger partial charge in [0.2, 0.25) is 0 Å². The van der Waals surface area contributed by atoms with Crippen molar-refractivity contribution in [1.82, 2.24) is 10.3 Å². The molecule has 2 rings (SSSR count). The highest BCUT2D eigenvalue weighted by atomic mass is 15.0. The number of pyridine rings is 1. The quantitative estimate of drug-likeness (QED) is 0.786. The van der Waals surface area contributed by atoms with E-state index in [1.807, 2.05) is 12.1 Å². The molecule has 0 aliphatic carbocycles. The minimum absolute atomic E-state index is 0.402. The Kier molecular flexibility index (Phi) is 3.73. The molecule has 1 atom stereocenters. The number of anilines is 1. The molecule has 2 N–H and O–H groups in total. The lowest BCUT2D eigenvalue weighted by Gasteiger charge is -2.17. The topological polar surface area (TPSA) is 60.7 Å². The molecule has 2 heterocycles. The van der Waals surface area contributed by atoms with Crippen molar-refractivity contribution in [3.8, 4) is 6.07 Å². The number of aromatic nitrogens is 1. The first-order chi connectivity index (χ1) is 7.90. The van der Waals surface area contributed by atoms with Gasteiger partial charge in [-0.3, -0.25) is 0 Å². The van der Waals surface area contributed by atoms with Crippen LogP contribution in [0.15, 0.2) is 18.3 Å². The van der Waals surface area contributed by atoms with Crippen LogP contribution in [0.25, 0.3) is 0 Å². The largest absolute Gasteiger partial charge is 0.379 e. The van der Waals surface area contributed by atoms with Crippen molar-refractivity contribution in [3.63, 3.8) is 0 Å². The van der Waals surface area contributed by atoms with Crippen LogP contribution in [0, 0.1) is 11.3 Å². The van der Waals surface area contributed by atoms with Gasteiger partial charge < -0.3 is 10.6 Å². The van der Waals surface area contributed by atoms with Gasteiger partial charge >= 0.3 is 0 Å². The summed E-state index contributed by atoms with van der Waals surface area (Å²) in [7, 11) is 0. The molecule has 84 valence electrons. The fourth-order valence-corrected chi connectivity index (χ4v) is 1.97. The Bertz CT molecular complexity index is 375. The molecular weight excluding hydrogens is 200 g/mol. The van der Waals surface area contributed by atoms with E-state index < -0.39 is 0 Å². The molecular formula is C12H16N4. The van der Waals surface area contributed by atoms with Crippen LogP contribution in [0.5, 0.6) is 0 Å². The first-order valence-corrected chi connectivity index (χ1v) is 5.72. The molecule has 1 saturated heterocycles. The summed E-state index contributed by atoms with van der Waals surface area (Å²) < 4.78 is 0. The third-order valence-corrected chi connectivity index (χ3v) is 2.82. The molecule has 16 heavy (non-hydrogen) atoms. The van der Waals surface area contributed by atoms with E-state index in [-0.39, 0.29) is 0 Å². The number of hydrogen-bond donors (Lipinski definition) is 2. The van der Waals surface area contributed by atoms with Gasteiger partial charge in [-0.2, -0.15) is 5.26 Å². The number of hydrogen-bond acceptors (Lipinski definition) is 4. The zero-order chi connectivity index (χ0) is 11.2. The van der Waals surface area contributed by atoms with Crippen molar-refractivity contribution in [2.75, 3.05) is 18.4 Å². The summed E-state index contributed by atoms with van der Waals surface area (Å²) in [4.78, 5) is 4.04. The minimum Gasteiger partial charge on any atom is -0.379 e. The monoisotopic (exact) mass is 216 g/mol. The molecule has 0 radical (unpaired) electrons. The summed E-state index contributed by atoms with van der Waals surface area (Å²) in [5.74, 6) is 0. The molecule has 0 spiro atoms. The first kappa shape index (κ1) is 10.9. The molecule has 1 fully saturated rings. The zero-order valence-corrected chi connectivity index (χ0v) is 9.24. The average molecular weight is 216 g/mol. The SMILES string of the molecule is N#Cc1ncccc1NC1CCCCNC1. The highest BCUT2D eigenvalue weighted by Crippen LogP contribution is 2.15. The molecule has 0 saturated carbocycles. The molecule has 4 nitrogen and oxygen atoms in total. The third-order valence-electron chi connectivity index (χ3n) is 2.82. The van der Waals surface area contributed by atoms with Crippen molar-refractivity contribution < 1.29 is 0 Å². The highest BCUT2D eigenvalue weighted by molar-refractivity contribution is 5.53. The number of nitrogens with one attached hydrogen (secondary N) is 2. The van der Waals surface area contributed by atoms with Crippen molar-refractivity contribution in [2.24, 2.45) is 0 Å². The van der Waals surface area contributed by atoms with E-state index >= 15 is 0 Å². The van der Waals surface area contributed by atoms with E-state index in [2.05, 4.69) is 21.7 Å². The van der Waals surface area contributed by atoms with Gasteiger partial charge in [0.1, 0.15) is 6.07 Å². The smallest absolute Gasteiger partial charge is 0.163 e. The molecule has 0 bridgehead atoms. The predicted octanol–water partition coefficient (Wildman–Crippen LogP) is 1.51. The van der Waals surface area contributed by atoms with E-state index in [4.69, 9.17) is 5.26 Å². The Balaban J connectivity index is 2.05. The van der Waals surface area contributed by atoms with Gasteiger partial charge in [-0.05, 0) is 31.5 Å². The lowest BCUT2D eigenvalue weighted by Crippen LogP contribution is -2.31. The summed E-state index contributed by atoms with van der Waals surface area (Å²) >= 11 is 0. The van der Waals surface area contributed by atoms with Gasteiger partial charge in [-0.1, -0.05) is 6.42 Å². The second-order valence-electron chi connectivity index (χ2n) is 4.05. The van der Waals surface area contributed by atoms with Crippen LogP contribution >= 0.6 is 0 Å². The van der Waals surface area contributed by atoms with E-state index in [1.165, 1.54) is 12.8 Å². The Morgan fingerprint density at radius 2 is 2.44 bits per heavy atom. The van der Waals surface area contributed by atoms with E-state index in [9.17, 15) is 0 Å². The van der Waals surface area contributed by atoms with Crippen LogP contribution in [0.1, 0.15) is 25.0 Å². The fraction of sp³-hybridized carbons (Fsp3) is 0.500. The molecule has 1 aliphatic heterocycles. The van der Waals surface area contributed by atoms with Gasteiger partial charge in [0.05, 0.1) is 5.69 Å². The lowest BCUT2D eigenvalue weighted by atomic mass is 10.1. The van der Waals surface area contributed by atoms with Crippen LogP contribution < -0.4 is 10.6 Å². The van der Waals surface area contributed by atoms with Crippen LogP contribution in [0.3, 0.4) is 0 Å². The predicted molar refractivity (Wildman–Crippen MR) is 63.1 cm³/mol. The second-order valence-corrected chi connectivity index (χ2v) is 4.05. The van der Waals surface area contributed by atoms with Gasteiger partial charge in [0.25, 0.3) is 0 Å². The molecule has 0 amide bonds. The third kappa shape index (κ3) is 2.71. The Morgan fingerprint density at radius 3 is 3.31 bits per heavy atom. The summed E-state index contributed by atoms with van der Waals surface area (Å²) in [5, 5.41) is 15.7. The van der Waals surface area contributed by atoms with E-state index in [0.29, 0.717) is 11.7 Å². The zero-order valence-electron chi connectivity index (χ0n) is 9.24. The van der Waals surface area contributed by atoms with Crippen LogP contribution in [0.4, 0.5) is 5.69 Å². The van der Waals surface area contributed by atoms with Crippen LogP contribution in [-0.4, -0.2) is 24.1 Å². The summed E-state index contributed by atoms with van der Waals surface area (Å²) in [6.07, 6.45) is 5.25. The molecule has 4 heteroatoms. The van der Waals surface area contributed by atoms with E-state index in [1.54, 1.807) is 6.20 Å². The first-order valence-electron chi connectivity index (χ1n) is 5.72. The van der Waals surface area contributed by atoms with Crippen molar-refractivity contribution in [3.05, 3.63) is 24.0 Å². The molecule has 1 unspecified atom stereocenters. The molecule has 1 aromatic rings. The van der Waals surface area contributed by atoms with Crippen LogP contribution in [-0.2, 0) is 0 Å². The normalized spacial score (nSPS) is 20.8. The van der Waals surface area contributed by atoms with Gasteiger partial charge in [0, 0.05) is 18.8 Å². The van der Waals surface area contributed by atoms with Gasteiger partial charge in [-0.25, -0.2) is 4.98 Å². The van der Waals surface area contributed by atoms with Crippen molar-refractivity contribution >= 4 is 5.69 Å². The summed E-state index contributed by atoms with van der Waals surface area (Å²) in [6.45, 7) is 2.05. The standard InChI is InChI=1S/C12H16N4/c13-8-12-11(5-3-7-15-12)16-10-4-1-2-6-14-9-10/h3,5,7,10,14,16H,1-2,4,6,9H2. The van der Waals surface area contributed by atoms with Crippen LogP contribution in [0.2, 0.25) is 0 Å². The maximum absolute atomic E-state index is 8.94. The highest BCUT2D eigenvalue weighted by Gasteiger charge is 2.13. The Hall–Kier alpha value is -1.60. The summed E-state index contributed by atoms with van der Waals surface area (Å²) in [6, 6.07) is 6.28. The van der Waals surface area contributed by atoms with Gasteiger partial charge in [0.15, 0.2) is 5.69 Å². The Morgan fingerprint density at radius 1 is 1.50 bits per heavy atom. The van der Waals surface area contributed by atoms with Crippen molar-refractivity contribution in [1.29, 1.82) is 5.26 Å². The van der Waals surface area contributed by atoms with E-state index in [0.717, 1.165) is 25.2 Å².